The molecule has 0 radical (unpaired) electrons. The molecular formula is C37H29N3O5S. The third-order valence-electron chi connectivity index (χ3n) is 7.52. The van der Waals surface area contributed by atoms with Gasteiger partial charge in [0.25, 0.3) is 11.8 Å². The molecule has 5 aromatic rings. The van der Waals surface area contributed by atoms with Gasteiger partial charge in [0.2, 0.25) is 0 Å². The van der Waals surface area contributed by atoms with E-state index in [0.29, 0.717) is 22.6 Å². The molecule has 1 aliphatic rings. The van der Waals surface area contributed by atoms with E-state index in [1.54, 1.807) is 56.5 Å². The maximum atomic E-state index is 14.0. The van der Waals surface area contributed by atoms with E-state index in [0.717, 1.165) is 28.2 Å². The first-order valence-electron chi connectivity index (χ1n) is 14.6. The van der Waals surface area contributed by atoms with E-state index in [9.17, 15) is 14.4 Å². The maximum Gasteiger partial charge on any atom is 0.338 e. The first-order chi connectivity index (χ1) is 22.4. The number of methoxy groups -OCH3 is 1. The van der Waals surface area contributed by atoms with Gasteiger partial charge in [-0.2, -0.15) is 0 Å². The van der Waals surface area contributed by atoms with E-state index in [1.165, 1.54) is 4.90 Å². The quantitative estimate of drug-likeness (QED) is 0.0879. The van der Waals surface area contributed by atoms with Crippen LogP contribution in [-0.2, 0) is 14.3 Å². The molecular weight excluding hydrogens is 598 g/mol. The molecule has 1 aromatic heterocycles. The lowest BCUT2D eigenvalue weighted by Gasteiger charge is -2.29. The van der Waals surface area contributed by atoms with Gasteiger partial charge in [0, 0.05) is 11.3 Å². The number of nitrogens with one attached hydrogen (secondary N) is 1. The number of thiocarbonyl (C=S) groups is 1. The molecule has 4 aromatic carbocycles. The van der Waals surface area contributed by atoms with Crippen molar-refractivity contribution in [2.45, 2.75) is 6.92 Å². The summed E-state index contributed by atoms with van der Waals surface area (Å²) in [5.41, 5.74) is 5.61. The molecule has 1 fully saturated rings. The molecule has 0 atom stereocenters. The number of nitrogens with zero attached hydrogens (tertiary/aromatic N) is 2. The molecule has 1 saturated heterocycles. The molecule has 0 spiro atoms. The number of carbonyl (C=O) groups excluding carboxylic acids is 3. The molecule has 0 saturated carbocycles. The van der Waals surface area contributed by atoms with Crippen molar-refractivity contribution in [3.8, 4) is 34.0 Å². The molecule has 2 heterocycles. The number of hydrogen-bond donors (Lipinski definition) is 1. The molecule has 0 unspecified atom stereocenters. The number of amides is 2. The van der Waals surface area contributed by atoms with Gasteiger partial charge >= 0.3 is 5.97 Å². The topological polar surface area (TPSA) is 89.9 Å². The third kappa shape index (κ3) is 5.83. The highest BCUT2D eigenvalue weighted by molar-refractivity contribution is 7.80. The largest absolute Gasteiger partial charge is 0.497 e. The second kappa shape index (κ2) is 13.1. The van der Waals surface area contributed by atoms with Crippen LogP contribution in [0.4, 0.5) is 5.69 Å². The molecule has 8 nitrogen and oxygen atoms in total. The fourth-order valence-corrected chi connectivity index (χ4v) is 5.64. The molecule has 9 heteroatoms. The SMILES string of the molecule is CCOC(=O)c1ccc(-n2c(-c3ccccc3)cc(/C=C3\C(=O)NC(=S)N(c4ccc(OC)cc4)C3=O)c2-c2ccccc2)cc1. The minimum atomic E-state index is -0.591. The number of ether oxygens (including phenoxy) is 2. The highest BCUT2D eigenvalue weighted by Crippen LogP contribution is 2.38. The molecule has 6 rings (SSSR count). The standard InChI is InChI=1S/C37H29N3O5S/c1-3-45-36(43)26-14-16-28(17-15-26)39-32(24-10-6-4-7-11-24)23-27(33(39)25-12-8-5-9-13-25)22-31-34(41)38-37(46)40(35(31)42)29-18-20-30(44-2)21-19-29/h4-23H,3H2,1-2H3,(H,38,41,46)/b31-22+. The van der Waals surface area contributed by atoms with Crippen molar-refractivity contribution in [2.75, 3.05) is 18.6 Å². The van der Waals surface area contributed by atoms with Gasteiger partial charge in [-0.15, -0.1) is 0 Å². The first kappa shape index (κ1) is 30.2. The summed E-state index contributed by atoms with van der Waals surface area (Å²) in [6.07, 6.45) is 1.61. The van der Waals surface area contributed by atoms with E-state index in [4.69, 9.17) is 21.7 Å². The van der Waals surface area contributed by atoms with Crippen molar-refractivity contribution in [2.24, 2.45) is 0 Å². The number of esters is 1. The number of aromatic nitrogens is 1. The van der Waals surface area contributed by atoms with Crippen LogP contribution in [-0.4, -0.2) is 41.2 Å². The Morgan fingerprint density at radius 3 is 2.04 bits per heavy atom. The van der Waals surface area contributed by atoms with Crippen molar-refractivity contribution < 1.29 is 23.9 Å². The summed E-state index contributed by atoms with van der Waals surface area (Å²) in [6.45, 7) is 2.04. The summed E-state index contributed by atoms with van der Waals surface area (Å²) in [7, 11) is 1.56. The van der Waals surface area contributed by atoms with E-state index in [2.05, 4.69) is 9.88 Å². The zero-order valence-corrected chi connectivity index (χ0v) is 25.9. The minimum absolute atomic E-state index is 0.00941. The first-order valence-corrected chi connectivity index (χ1v) is 15.0. The normalized spacial score (nSPS) is 13.9. The summed E-state index contributed by atoms with van der Waals surface area (Å²) in [4.78, 5) is 41.0. The molecule has 1 aliphatic heterocycles. The Morgan fingerprint density at radius 1 is 0.826 bits per heavy atom. The predicted molar refractivity (Wildman–Crippen MR) is 182 cm³/mol. The molecule has 0 aliphatic carbocycles. The van der Waals surface area contributed by atoms with Crippen LogP contribution in [0, 0.1) is 0 Å². The minimum Gasteiger partial charge on any atom is -0.497 e. The number of benzene rings is 4. The van der Waals surface area contributed by atoms with Crippen LogP contribution in [0.25, 0.3) is 34.3 Å². The van der Waals surface area contributed by atoms with E-state index >= 15 is 0 Å². The van der Waals surface area contributed by atoms with Crippen LogP contribution in [0.3, 0.4) is 0 Å². The lowest BCUT2D eigenvalue weighted by molar-refractivity contribution is -0.122. The summed E-state index contributed by atoms with van der Waals surface area (Å²) in [5, 5.41) is 2.67. The van der Waals surface area contributed by atoms with Gasteiger partial charge in [0.15, 0.2) is 5.11 Å². The Morgan fingerprint density at radius 2 is 1.43 bits per heavy atom. The van der Waals surface area contributed by atoms with Crippen molar-refractivity contribution in [3.63, 3.8) is 0 Å². The van der Waals surface area contributed by atoms with Crippen molar-refractivity contribution in [1.82, 2.24) is 9.88 Å². The summed E-state index contributed by atoms with van der Waals surface area (Å²) >= 11 is 5.42. The van der Waals surface area contributed by atoms with E-state index in [1.807, 2.05) is 78.9 Å². The summed E-state index contributed by atoms with van der Waals surface area (Å²) < 4.78 is 12.5. The average Bonchev–Trinajstić information content (AvgIpc) is 3.47. The lowest BCUT2D eigenvalue weighted by Crippen LogP contribution is -2.54. The van der Waals surface area contributed by atoms with Gasteiger partial charge in [-0.05, 0) is 90.9 Å². The molecule has 1 N–H and O–H groups in total. The van der Waals surface area contributed by atoms with Crippen molar-refractivity contribution >= 4 is 46.9 Å². The number of carbonyl (C=O) groups is 3. The van der Waals surface area contributed by atoms with Gasteiger partial charge in [-0.25, -0.2) is 4.79 Å². The number of anilines is 1. The number of rotatable bonds is 8. The predicted octanol–water partition coefficient (Wildman–Crippen LogP) is 6.83. The second-order valence-electron chi connectivity index (χ2n) is 10.3. The maximum absolute atomic E-state index is 14.0. The second-order valence-corrected chi connectivity index (χ2v) is 10.7. The van der Waals surface area contributed by atoms with Crippen molar-refractivity contribution in [1.29, 1.82) is 0 Å². The summed E-state index contributed by atoms with van der Waals surface area (Å²) in [5.74, 6) is -0.923. The summed E-state index contributed by atoms with van der Waals surface area (Å²) in [6, 6.07) is 35.5. The highest BCUT2D eigenvalue weighted by atomic mass is 32.1. The molecule has 0 bridgehead atoms. The molecule has 2 amide bonds. The smallest absolute Gasteiger partial charge is 0.338 e. The van der Waals surface area contributed by atoms with Crippen molar-refractivity contribution in [3.05, 3.63) is 132 Å². The van der Waals surface area contributed by atoms with Crippen LogP contribution in [0.5, 0.6) is 5.75 Å². The third-order valence-corrected chi connectivity index (χ3v) is 7.80. The monoisotopic (exact) mass is 627 g/mol. The fraction of sp³-hybridized carbons (Fsp3) is 0.0811. The zero-order valence-electron chi connectivity index (χ0n) is 25.1. The fourth-order valence-electron chi connectivity index (χ4n) is 5.36. The Bertz CT molecular complexity index is 1970. The molecule has 46 heavy (non-hydrogen) atoms. The number of hydrogen-bond acceptors (Lipinski definition) is 6. The van der Waals surface area contributed by atoms with Gasteiger partial charge in [0.05, 0.1) is 36.4 Å². The lowest BCUT2D eigenvalue weighted by atomic mass is 10.0. The Balaban J connectivity index is 1.55. The van der Waals surface area contributed by atoms with Crippen LogP contribution in [0.1, 0.15) is 22.8 Å². The Kier molecular flexibility index (Phi) is 8.58. The van der Waals surface area contributed by atoms with Crippen LogP contribution in [0.15, 0.2) is 121 Å². The zero-order chi connectivity index (χ0) is 32.2. The van der Waals surface area contributed by atoms with Gasteiger partial charge in [-0.1, -0.05) is 60.7 Å². The van der Waals surface area contributed by atoms with E-state index < -0.39 is 17.8 Å². The van der Waals surface area contributed by atoms with Crippen LogP contribution >= 0.6 is 12.2 Å². The van der Waals surface area contributed by atoms with E-state index in [-0.39, 0.29) is 17.3 Å². The van der Waals surface area contributed by atoms with Gasteiger partial charge in [0.1, 0.15) is 11.3 Å². The van der Waals surface area contributed by atoms with Gasteiger partial charge in [-0.3, -0.25) is 19.8 Å². The Labute approximate surface area is 271 Å². The highest BCUT2D eigenvalue weighted by Gasteiger charge is 2.35. The van der Waals surface area contributed by atoms with Crippen LogP contribution < -0.4 is 15.0 Å². The Hall–Kier alpha value is -5.80. The average molecular weight is 628 g/mol. The van der Waals surface area contributed by atoms with Crippen LogP contribution in [0.2, 0.25) is 0 Å². The molecule has 228 valence electrons. The van der Waals surface area contributed by atoms with Gasteiger partial charge < -0.3 is 14.0 Å².